The first-order valence-corrected chi connectivity index (χ1v) is 6.20. The highest BCUT2D eigenvalue weighted by molar-refractivity contribution is 5.52. The number of aliphatic hydroxyl groups is 1. The Morgan fingerprint density at radius 3 is 2.20 bits per heavy atom. The highest BCUT2D eigenvalue weighted by Crippen LogP contribution is 2.39. The number of benzene rings is 1. The van der Waals surface area contributed by atoms with Crippen molar-refractivity contribution < 1.29 is 23.7 Å². The minimum absolute atomic E-state index is 0.339. The number of aliphatic hydroxyl groups excluding tert-OH is 1. The molecule has 0 spiro atoms. The van der Waals surface area contributed by atoms with Gasteiger partial charge in [0.2, 0.25) is 0 Å². The lowest BCUT2D eigenvalue weighted by molar-refractivity contribution is 0.162. The molecule has 1 heterocycles. The van der Waals surface area contributed by atoms with Crippen LogP contribution in [0.25, 0.3) is 0 Å². The molecule has 5 nitrogen and oxygen atoms in total. The van der Waals surface area contributed by atoms with Gasteiger partial charge in [0.25, 0.3) is 0 Å². The van der Waals surface area contributed by atoms with Crippen LogP contribution in [-0.2, 0) is 6.42 Å². The molecule has 0 saturated heterocycles. The summed E-state index contributed by atoms with van der Waals surface area (Å²) in [6.45, 7) is 0. The molecule has 0 radical (unpaired) electrons. The lowest BCUT2D eigenvalue weighted by atomic mass is 10.0. The fourth-order valence-corrected chi connectivity index (χ4v) is 2.08. The Morgan fingerprint density at radius 2 is 1.75 bits per heavy atom. The second kappa shape index (κ2) is 6.34. The molecule has 2 rings (SSSR count). The van der Waals surface area contributed by atoms with E-state index in [1.807, 2.05) is 6.07 Å². The van der Waals surface area contributed by atoms with Gasteiger partial charge in [0.15, 0.2) is 0 Å². The summed E-state index contributed by atoms with van der Waals surface area (Å²) < 4.78 is 21.1. The van der Waals surface area contributed by atoms with Crippen LogP contribution in [0.1, 0.15) is 17.4 Å². The molecule has 20 heavy (non-hydrogen) atoms. The van der Waals surface area contributed by atoms with Crippen LogP contribution in [0.5, 0.6) is 17.2 Å². The molecule has 1 unspecified atom stereocenters. The number of hydrogen-bond acceptors (Lipinski definition) is 5. The summed E-state index contributed by atoms with van der Waals surface area (Å²) in [6.07, 6.45) is 1.12. The van der Waals surface area contributed by atoms with E-state index in [4.69, 9.17) is 18.6 Å². The largest absolute Gasteiger partial charge is 0.496 e. The van der Waals surface area contributed by atoms with Crippen LogP contribution in [0.2, 0.25) is 0 Å². The van der Waals surface area contributed by atoms with Crippen molar-refractivity contribution in [3.05, 3.63) is 41.9 Å². The SMILES string of the molecule is COc1cc(OC)c(C(O)Cc2ccco2)c(OC)c1. The van der Waals surface area contributed by atoms with Crippen LogP contribution < -0.4 is 14.2 Å². The predicted octanol–water partition coefficient (Wildman–Crippen LogP) is 2.58. The van der Waals surface area contributed by atoms with Crippen molar-refractivity contribution in [2.24, 2.45) is 0 Å². The Kier molecular flexibility index (Phi) is 4.53. The lowest BCUT2D eigenvalue weighted by Crippen LogP contribution is -2.06. The zero-order chi connectivity index (χ0) is 14.5. The molecule has 1 atom stereocenters. The van der Waals surface area contributed by atoms with Crippen LogP contribution in [-0.4, -0.2) is 26.4 Å². The van der Waals surface area contributed by atoms with E-state index in [0.29, 0.717) is 35.0 Å². The maximum Gasteiger partial charge on any atom is 0.132 e. The fraction of sp³-hybridized carbons (Fsp3) is 0.333. The maximum absolute atomic E-state index is 10.4. The van der Waals surface area contributed by atoms with E-state index in [-0.39, 0.29) is 0 Å². The third kappa shape index (κ3) is 2.88. The Bertz CT molecular complexity index is 522. The summed E-state index contributed by atoms with van der Waals surface area (Å²) in [4.78, 5) is 0. The second-order valence-corrected chi connectivity index (χ2v) is 4.24. The summed E-state index contributed by atoms with van der Waals surface area (Å²) in [5.41, 5.74) is 0.576. The van der Waals surface area contributed by atoms with E-state index in [2.05, 4.69) is 0 Å². The van der Waals surface area contributed by atoms with Crippen LogP contribution in [0, 0.1) is 0 Å². The number of methoxy groups -OCH3 is 3. The average Bonchev–Trinajstić information content (AvgIpc) is 2.98. The van der Waals surface area contributed by atoms with Gasteiger partial charge in [-0.25, -0.2) is 0 Å². The van der Waals surface area contributed by atoms with Gasteiger partial charge in [0.05, 0.1) is 39.3 Å². The van der Waals surface area contributed by atoms with E-state index in [9.17, 15) is 5.11 Å². The summed E-state index contributed by atoms with van der Waals surface area (Å²) in [6, 6.07) is 7.02. The molecule has 0 fully saturated rings. The zero-order valence-corrected chi connectivity index (χ0v) is 11.8. The van der Waals surface area contributed by atoms with Crippen LogP contribution in [0.15, 0.2) is 34.9 Å². The van der Waals surface area contributed by atoms with Crippen molar-refractivity contribution in [2.75, 3.05) is 21.3 Å². The number of ether oxygens (including phenoxy) is 3. The van der Waals surface area contributed by atoms with Crippen LogP contribution in [0.4, 0.5) is 0 Å². The predicted molar refractivity (Wildman–Crippen MR) is 73.5 cm³/mol. The van der Waals surface area contributed by atoms with E-state index >= 15 is 0 Å². The molecule has 0 aliphatic carbocycles. The molecule has 2 aromatic rings. The van der Waals surface area contributed by atoms with Crippen molar-refractivity contribution >= 4 is 0 Å². The minimum atomic E-state index is -0.794. The average molecular weight is 278 g/mol. The Hall–Kier alpha value is -2.14. The van der Waals surface area contributed by atoms with Crippen molar-refractivity contribution in [1.82, 2.24) is 0 Å². The van der Waals surface area contributed by atoms with E-state index < -0.39 is 6.10 Å². The zero-order valence-electron chi connectivity index (χ0n) is 11.8. The normalized spacial score (nSPS) is 12.0. The van der Waals surface area contributed by atoms with Crippen molar-refractivity contribution in [1.29, 1.82) is 0 Å². The van der Waals surface area contributed by atoms with Crippen molar-refractivity contribution in [3.63, 3.8) is 0 Å². The Labute approximate surface area is 117 Å². The first-order chi connectivity index (χ1) is 9.69. The van der Waals surface area contributed by atoms with Gasteiger partial charge in [-0.3, -0.25) is 0 Å². The lowest BCUT2D eigenvalue weighted by Gasteiger charge is -2.18. The molecule has 1 aromatic carbocycles. The molecular weight excluding hydrogens is 260 g/mol. The van der Waals surface area contributed by atoms with Crippen LogP contribution >= 0.6 is 0 Å². The van der Waals surface area contributed by atoms with Gasteiger partial charge >= 0.3 is 0 Å². The number of hydrogen-bond donors (Lipinski definition) is 1. The van der Waals surface area contributed by atoms with Gasteiger partial charge in [-0.2, -0.15) is 0 Å². The Balaban J connectivity index is 2.37. The van der Waals surface area contributed by atoms with Crippen molar-refractivity contribution in [2.45, 2.75) is 12.5 Å². The number of rotatable bonds is 6. The topological polar surface area (TPSA) is 61.1 Å². The van der Waals surface area contributed by atoms with Gasteiger partial charge in [0.1, 0.15) is 23.0 Å². The van der Waals surface area contributed by atoms with Gasteiger partial charge in [-0.05, 0) is 12.1 Å². The molecule has 108 valence electrons. The van der Waals surface area contributed by atoms with Crippen LogP contribution in [0.3, 0.4) is 0 Å². The molecule has 0 bridgehead atoms. The van der Waals surface area contributed by atoms with Gasteiger partial charge in [-0.15, -0.1) is 0 Å². The maximum atomic E-state index is 10.4. The van der Waals surface area contributed by atoms with Gasteiger partial charge in [0, 0.05) is 18.6 Å². The molecule has 0 aliphatic rings. The highest BCUT2D eigenvalue weighted by Gasteiger charge is 2.21. The van der Waals surface area contributed by atoms with Gasteiger partial charge in [-0.1, -0.05) is 0 Å². The van der Waals surface area contributed by atoms with E-state index in [1.54, 1.807) is 31.6 Å². The molecule has 0 saturated carbocycles. The minimum Gasteiger partial charge on any atom is -0.496 e. The van der Waals surface area contributed by atoms with E-state index in [1.165, 1.54) is 14.2 Å². The third-order valence-corrected chi connectivity index (χ3v) is 3.06. The Morgan fingerprint density at radius 1 is 1.10 bits per heavy atom. The summed E-state index contributed by atoms with van der Waals surface area (Å²) in [7, 11) is 4.64. The second-order valence-electron chi connectivity index (χ2n) is 4.24. The monoisotopic (exact) mass is 278 g/mol. The standard InChI is InChI=1S/C15H18O5/c1-17-11-8-13(18-2)15(14(9-11)19-3)12(16)7-10-5-4-6-20-10/h4-6,8-9,12,16H,7H2,1-3H3. The molecule has 1 N–H and O–H groups in total. The third-order valence-electron chi connectivity index (χ3n) is 3.06. The smallest absolute Gasteiger partial charge is 0.132 e. The summed E-state index contributed by atoms with van der Waals surface area (Å²) >= 11 is 0. The highest BCUT2D eigenvalue weighted by atomic mass is 16.5. The first kappa shape index (κ1) is 14.3. The molecule has 1 aromatic heterocycles. The molecule has 0 amide bonds. The molecule has 0 aliphatic heterocycles. The summed E-state index contributed by atoms with van der Waals surface area (Å²) in [5.74, 6) is 2.32. The van der Waals surface area contributed by atoms with E-state index in [0.717, 1.165) is 0 Å². The summed E-state index contributed by atoms with van der Waals surface area (Å²) in [5, 5.41) is 10.4. The molecular formula is C15H18O5. The van der Waals surface area contributed by atoms with Gasteiger partial charge < -0.3 is 23.7 Å². The van der Waals surface area contributed by atoms with Crippen molar-refractivity contribution in [3.8, 4) is 17.2 Å². The first-order valence-electron chi connectivity index (χ1n) is 6.20. The quantitative estimate of drug-likeness (QED) is 0.880. The fourth-order valence-electron chi connectivity index (χ4n) is 2.08. The molecule has 5 heteroatoms. The number of furan rings is 1.